The normalized spacial score (nSPS) is 20.0. The fraction of sp³-hybridized carbons (Fsp3) is 0.250. The van der Waals surface area contributed by atoms with E-state index in [9.17, 15) is 9.59 Å². The summed E-state index contributed by atoms with van der Waals surface area (Å²) in [5, 5.41) is 8.48. The molecule has 0 aliphatic carbocycles. The standard InChI is InChI=1S/C20H20BrN3O2/c1-13(15-9-6-10-16(21)11-15)23-24(2)20(26)18-17(12-22-19(18)25)14-7-4-3-5-8-14/h3-11,17-18H,12H2,1-2H3,(H,22,25)/b23-13+/t17-,18-/m0/s1. The van der Waals surface area contributed by atoms with E-state index in [0.29, 0.717) is 12.3 Å². The monoisotopic (exact) mass is 413 g/mol. The number of nitrogens with zero attached hydrogens (tertiary/aromatic N) is 2. The second kappa shape index (κ2) is 7.83. The molecule has 2 amide bonds. The number of carbonyl (C=O) groups excluding carboxylic acids is 2. The maximum Gasteiger partial charge on any atom is 0.255 e. The summed E-state index contributed by atoms with van der Waals surface area (Å²) < 4.78 is 0.942. The summed E-state index contributed by atoms with van der Waals surface area (Å²) in [6.07, 6.45) is 0. The van der Waals surface area contributed by atoms with E-state index in [0.717, 1.165) is 15.6 Å². The van der Waals surface area contributed by atoms with Crippen LogP contribution >= 0.6 is 15.9 Å². The third kappa shape index (κ3) is 3.85. The molecule has 1 heterocycles. The van der Waals surface area contributed by atoms with Gasteiger partial charge in [-0.1, -0.05) is 58.4 Å². The molecule has 0 aromatic heterocycles. The van der Waals surface area contributed by atoms with Gasteiger partial charge >= 0.3 is 0 Å². The van der Waals surface area contributed by atoms with Crippen LogP contribution in [0.2, 0.25) is 0 Å². The molecule has 0 spiro atoms. The summed E-state index contributed by atoms with van der Waals surface area (Å²) in [6, 6.07) is 17.3. The average Bonchev–Trinajstić information content (AvgIpc) is 3.03. The van der Waals surface area contributed by atoms with Crippen molar-refractivity contribution < 1.29 is 9.59 Å². The van der Waals surface area contributed by atoms with Crippen molar-refractivity contribution in [1.29, 1.82) is 0 Å². The minimum absolute atomic E-state index is 0.181. The van der Waals surface area contributed by atoms with Gasteiger partial charge in [0.2, 0.25) is 5.91 Å². The second-order valence-corrected chi connectivity index (χ2v) is 7.21. The van der Waals surface area contributed by atoms with Crippen LogP contribution in [0, 0.1) is 5.92 Å². The van der Waals surface area contributed by atoms with Gasteiger partial charge in [-0.25, -0.2) is 5.01 Å². The van der Waals surface area contributed by atoms with E-state index in [2.05, 4.69) is 26.3 Å². The summed E-state index contributed by atoms with van der Waals surface area (Å²) in [5.41, 5.74) is 2.59. The molecule has 5 nitrogen and oxygen atoms in total. The van der Waals surface area contributed by atoms with E-state index in [1.165, 1.54) is 5.01 Å². The van der Waals surface area contributed by atoms with E-state index in [1.807, 2.05) is 61.5 Å². The van der Waals surface area contributed by atoms with Crippen molar-refractivity contribution in [2.75, 3.05) is 13.6 Å². The molecule has 2 aromatic rings. The number of hydrazone groups is 1. The largest absolute Gasteiger partial charge is 0.355 e. The summed E-state index contributed by atoms with van der Waals surface area (Å²) in [7, 11) is 1.59. The second-order valence-electron chi connectivity index (χ2n) is 6.30. The first-order chi connectivity index (χ1) is 12.5. The molecule has 6 heteroatoms. The van der Waals surface area contributed by atoms with Gasteiger partial charge in [-0.05, 0) is 30.2 Å². The van der Waals surface area contributed by atoms with Gasteiger partial charge in [-0.2, -0.15) is 5.10 Å². The fourth-order valence-corrected chi connectivity index (χ4v) is 3.56. The van der Waals surface area contributed by atoms with Gasteiger partial charge in [0.15, 0.2) is 0 Å². The lowest BCUT2D eigenvalue weighted by atomic mass is 9.88. The highest BCUT2D eigenvalue weighted by atomic mass is 79.9. The Kier molecular flexibility index (Phi) is 5.52. The van der Waals surface area contributed by atoms with Crippen LogP contribution in [-0.4, -0.2) is 36.1 Å². The first kappa shape index (κ1) is 18.3. The quantitative estimate of drug-likeness (QED) is 0.475. The highest BCUT2D eigenvalue weighted by Crippen LogP contribution is 2.30. The van der Waals surface area contributed by atoms with Crippen LogP contribution in [0.15, 0.2) is 64.2 Å². The maximum absolute atomic E-state index is 12.9. The third-order valence-electron chi connectivity index (χ3n) is 4.54. The van der Waals surface area contributed by atoms with Crippen molar-refractivity contribution in [1.82, 2.24) is 10.3 Å². The lowest BCUT2D eigenvalue weighted by molar-refractivity contribution is -0.139. The number of rotatable bonds is 4. The highest BCUT2D eigenvalue weighted by Gasteiger charge is 2.42. The number of benzene rings is 2. The van der Waals surface area contributed by atoms with Crippen LogP contribution in [-0.2, 0) is 9.59 Å². The molecule has 1 fully saturated rings. The number of halogens is 1. The SMILES string of the molecule is C/C(=N\N(C)C(=O)[C@@H]1C(=O)NC[C@H]1c1ccccc1)c1cccc(Br)c1. The van der Waals surface area contributed by atoms with Gasteiger partial charge in [-0.15, -0.1) is 0 Å². The Morgan fingerprint density at radius 1 is 1.19 bits per heavy atom. The summed E-state index contributed by atoms with van der Waals surface area (Å²) in [6.45, 7) is 2.30. The van der Waals surface area contributed by atoms with Crippen molar-refractivity contribution in [2.45, 2.75) is 12.8 Å². The number of hydrogen-bond acceptors (Lipinski definition) is 3. The van der Waals surface area contributed by atoms with Gasteiger partial charge in [0.1, 0.15) is 5.92 Å². The minimum atomic E-state index is -0.763. The van der Waals surface area contributed by atoms with Gasteiger partial charge in [0.25, 0.3) is 5.91 Å². The number of nitrogens with one attached hydrogen (secondary N) is 1. The first-order valence-electron chi connectivity index (χ1n) is 8.38. The smallest absolute Gasteiger partial charge is 0.255 e. The average molecular weight is 414 g/mol. The molecule has 26 heavy (non-hydrogen) atoms. The summed E-state index contributed by atoms with van der Waals surface area (Å²) >= 11 is 3.43. The Bertz CT molecular complexity index is 851. The van der Waals surface area contributed by atoms with E-state index in [-0.39, 0.29) is 17.7 Å². The Morgan fingerprint density at radius 2 is 1.92 bits per heavy atom. The molecule has 1 N–H and O–H groups in total. The molecular formula is C20H20BrN3O2. The number of amides is 2. The zero-order valence-corrected chi connectivity index (χ0v) is 16.2. The molecule has 3 rings (SSSR count). The molecule has 0 bridgehead atoms. The van der Waals surface area contributed by atoms with Crippen LogP contribution in [0.5, 0.6) is 0 Å². The Hall–Kier alpha value is -2.47. The van der Waals surface area contributed by atoms with Crippen molar-refractivity contribution in [3.63, 3.8) is 0 Å². The van der Waals surface area contributed by atoms with Gasteiger partial charge in [0.05, 0.1) is 5.71 Å². The van der Waals surface area contributed by atoms with Crippen molar-refractivity contribution in [2.24, 2.45) is 11.0 Å². The zero-order chi connectivity index (χ0) is 18.7. The van der Waals surface area contributed by atoms with Gasteiger partial charge in [-0.3, -0.25) is 9.59 Å². The fourth-order valence-electron chi connectivity index (χ4n) is 3.16. The predicted octanol–water partition coefficient (Wildman–Crippen LogP) is 3.16. The van der Waals surface area contributed by atoms with E-state index in [1.54, 1.807) is 7.05 Å². The molecule has 2 aromatic carbocycles. The van der Waals surface area contributed by atoms with Crippen molar-refractivity contribution in [3.8, 4) is 0 Å². The topological polar surface area (TPSA) is 61.8 Å². The van der Waals surface area contributed by atoms with Crippen LogP contribution < -0.4 is 5.32 Å². The number of carbonyl (C=O) groups is 2. The molecule has 2 atom stereocenters. The lowest BCUT2D eigenvalue weighted by Gasteiger charge is -2.20. The van der Waals surface area contributed by atoms with Crippen molar-refractivity contribution >= 4 is 33.5 Å². The lowest BCUT2D eigenvalue weighted by Crippen LogP contribution is -2.36. The molecule has 1 aliphatic rings. The molecule has 0 saturated carbocycles. The zero-order valence-electron chi connectivity index (χ0n) is 14.6. The Labute approximate surface area is 161 Å². The minimum Gasteiger partial charge on any atom is -0.355 e. The number of hydrogen-bond donors (Lipinski definition) is 1. The summed E-state index contributed by atoms with van der Waals surface area (Å²) in [5.74, 6) is -1.49. The van der Waals surface area contributed by atoms with Crippen LogP contribution in [0.3, 0.4) is 0 Å². The van der Waals surface area contributed by atoms with E-state index in [4.69, 9.17) is 0 Å². The van der Waals surface area contributed by atoms with Gasteiger partial charge in [0, 0.05) is 24.0 Å². The molecule has 1 aliphatic heterocycles. The maximum atomic E-state index is 12.9. The summed E-state index contributed by atoms with van der Waals surface area (Å²) in [4.78, 5) is 25.2. The van der Waals surface area contributed by atoms with E-state index < -0.39 is 5.92 Å². The predicted molar refractivity (Wildman–Crippen MR) is 105 cm³/mol. The molecule has 1 saturated heterocycles. The highest BCUT2D eigenvalue weighted by molar-refractivity contribution is 9.10. The first-order valence-corrected chi connectivity index (χ1v) is 9.18. The van der Waals surface area contributed by atoms with Gasteiger partial charge < -0.3 is 5.32 Å². The molecular weight excluding hydrogens is 394 g/mol. The molecule has 0 radical (unpaired) electrons. The van der Waals surface area contributed by atoms with E-state index >= 15 is 0 Å². The van der Waals surface area contributed by atoms with Crippen LogP contribution in [0.4, 0.5) is 0 Å². The van der Waals surface area contributed by atoms with Crippen molar-refractivity contribution in [3.05, 3.63) is 70.2 Å². The molecule has 0 unspecified atom stereocenters. The van der Waals surface area contributed by atoms with Crippen LogP contribution in [0.1, 0.15) is 24.0 Å². The Morgan fingerprint density at radius 3 is 2.62 bits per heavy atom. The molecule has 134 valence electrons. The Balaban J connectivity index is 1.82. The van der Waals surface area contributed by atoms with Crippen LogP contribution in [0.25, 0.3) is 0 Å². The third-order valence-corrected chi connectivity index (χ3v) is 5.03.